The van der Waals surface area contributed by atoms with E-state index in [0.717, 1.165) is 6.07 Å². The minimum atomic E-state index is -1.14. The fourth-order valence-electron chi connectivity index (χ4n) is 1.07. The third-order valence-corrected chi connectivity index (χ3v) is 2.53. The number of thiophene rings is 1. The number of aromatic carboxylic acids is 1. The summed E-state index contributed by atoms with van der Waals surface area (Å²) < 4.78 is 1.20. The number of aromatic nitrogens is 2. The Morgan fingerprint density at radius 1 is 1.57 bits per heavy atom. The van der Waals surface area contributed by atoms with Gasteiger partial charge in [-0.05, 0) is 17.5 Å². The van der Waals surface area contributed by atoms with E-state index in [1.54, 1.807) is 12.1 Å². The molecule has 0 aliphatic carbocycles. The number of nitrogens with one attached hydrogen (secondary N) is 1. The van der Waals surface area contributed by atoms with Gasteiger partial charge in [-0.15, -0.1) is 11.3 Å². The second kappa shape index (κ2) is 3.15. The molecule has 0 atom stereocenters. The Morgan fingerprint density at radius 2 is 2.36 bits per heavy atom. The molecular weight excluding hydrogens is 204 g/mol. The van der Waals surface area contributed by atoms with Gasteiger partial charge in [0.25, 0.3) is 5.56 Å². The first-order valence-electron chi connectivity index (χ1n) is 3.78. The third kappa shape index (κ3) is 1.35. The van der Waals surface area contributed by atoms with Crippen LogP contribution < -0.4 is 5.56 Å². The van der Waals surface area contributed by atoms with Crippen molar-refractivity contribution >= 4 is 17.3 Å². The molecule has 5 nitrogen and oxygen atoms in total. The van der Waals surface area contributed by atoms with Crippen molar-refractivity contribution in [2.24, 2.45) is 0 Å². The largest absolute Gasteiger partial charge is 0.477 e. The Kier molecular flexibility index (Phi) is 1.97. The molecule has 0 bridgehead atoms. The van der Waals surface area contributed by atoms with Crippen LogP contribution in [0.5, 0.6) is 0 Å². The average molecular weight is 210 g/mol. The molecule has 0 aliphatic rings. The number of hydrogen-bond donors (Lipinski definition) is 2. The van der Waals surface area contributed by atoms with Gasteiger partial charge in [-0.25, -0.2) is 9.48 Å². The van der Waals surface area contributed by atoms with E-state index in [1.807, 2.05) is 5.38 Å². The molecule has 2 N–H and O–H groups in total. The summed E-state index contributed by atoms with van der Waals surface area (Å²) in [7, 11) is 0. The van der Waals surface area contributed by atoms with E-state index in [9.17, 15) is 9.59 Å². The Bertz CT molecular complexity index is 509. The van der Waals surface area contributed by atoms with E-state index in [-0.39, 0.29) is 11.3 Å². The summed E-state index contributed by atoms with van der Waals surface area (Å²) in [6.45, 7) is 0. The van der Waals surface area contributed by atoms with Gasteiger partial charge in [0.2, 0.25) is 0 Å². The maximum atomic E-state index is 11.3. The van der Waals surface area contributed by atoms with Crippen LogP contribution in [0.15, 0.2) is 28.4 Å². The lowest BCUT2D eigenvalue weighted by Gasteiger charge is -1.94. The Labute approximate surface area is 82.2 Å². The minimum Gasteiger partial charge on any atom is -0.477 e. The van der Waals surface area contributed by atoms with Crippen molar-refractivity contribution in [1.29, 1.82) is 0 Å². The number of H-pyrrole nitrogens is 1. The molecular formula is C8H6N2O3S. The van der Waals surface area contributed by atoms with Gasteiger partial charge in [0.1, 0.15) is 10.7 Å². The first-order chi connectivity index (χ1) is 6.68. The Hall–Kier alpha value is -1.82. The van der Waals surface area contributed by atoms with E-state index in [0.29, 0.717) is 5.00 Å². The summed E-state index contributed by atoms with van der Waals surface area (Å²) in [5.41, 5.74) is -0.478. The number of nitrogens with zero attached hydrogens (tertiary/aromatic N) is 1. The van der Waals surface area contributed by atoms with Crippen molar-refractivity contribution in [3.8, 4) is 5.00 Å². The van der Waals surface area contributed by atoms with Crippen molar-refractivity contribution in [2.75, 3.05) is 0 Å². The standard InChI is InChI=1S/C8H6N2O3S/c11-6-4-5(8(12)13)9-10(6)7-2-1-3-14-7/h1-4,9H,(H,12,13). The van der Waals surface area contributed by atoms with E-state index in [4.69, 9.17) is 5.11 Å². The highest BCUT2D eigenvalue weighted by atomic mass is 32.1. The van der Waals surface area contributed by atoms with Gasteiger partial charge in [0, 0.05) is 6.07 Å². The smallest absolute Gasteiger partial charge is 0.353 e. The monoisotopic (exact) mass is 210 g/mol. The van der Waals surface area contributed by atoms with Crippen molar-refractivity contribution in [1.82, 2.24) is 9.78 Å². The normalized spacial score (nSPS) is 10.3. The molecule has 14 heavy (non-hydrogen) atoms. The van der Waals surface area contributed by atoms with Gasteiger partial charge in [-0.2, -0.15) is 0 Å². The molecule has 6 heteroatoms. The van der Waals surface area contributed by atoms with Gasteiger partial charge < -0.3 is 5.11 Å². The summed E-state index contributed by atoms with van der Waals surface area (Å²) in [6, 6.07) is 4.57. The molecule has 0 saturated heterocycles. The highest BCUT2D eigenvalue weighted by Crippen LogP contribution is 2.11. The van der Waals surface area contributed by atoms with Crippen molar-refractivity contribution < 1.29 is 9.90 Å². The molecule has 0 aromatic carbocycles. The number of rotatable bonds is 2. The molecule has 72 valence electrons. The molecule has 0 saturated carbocycles. The second-order valence-electron chi connectivity index (χ2n) is 2.60. The summed E-state index contributed by atoms with van der Waals surface area (Å²) in [5, 5.41) is 13.6. The van der Waals surface area contributed by atoms with Crippen LogP contribution in [0.1, 0.15) is 10.5 Å². The predicted octanol–water partition coefficient (Wildman–Crippen LogP) is 0.925. The van der Waals surface area contributed by atoms with Crippen molar-refractivity contribution in [3.05, 3.63) is 39.6 Å². The Balaban J connectivity index is 2.56. The number of carbonyl (C=O) groups is 1. The average Bonchev–Trinajstić information content (AvgIpc) is 2.71. The molecule has 0 spiro atoms. The van der Waals surface area contributed by atoms with Crippen LogP contribution in [0.2, 0.25) is 0 Å². The lowest BCUT2D eigenvalue weighted by Crippen LogP contribution is -2.11. The molecule has 0 fully saturated rings. The summed E-state index contributed by atoms with van der Waals surface area (Å²) in [6.07, 6.45) is 0. The molecule has 2 heterocycles. The zero-order chi connectivity index (χ0) is 10.1. The quantitative estimate of drug-likeness (QED) is 0.774. The van der Waals surface area contributed by atoms with Gasteiger partial charge >= 0.3 is 5.97 Å². The van der Waals surface area contributed by atoms with E-state index >= 15 is 0 Å². The third-order valence-electron chi connectivity index (χ3n) is 1.68. The highest BCUT2D eigenvalue weighted by Gasteiger charge is 2.10. The van der Waals surface area contributed by atoms with Gasteiger partial charge in [-0.3, -0.25) is 9.89 Å². The van der Waals surface area contributed by atoms with Crippen LogP contribution in [-0.4, -0.2) is 20.9 Å². The highest BCUT2D eigenvalue weighted by molar-refractivity contribution is 7.12. The lowest BCUT2D eigenvalue weighted by atomic mass is 10.4. The fraction of sp³-hybridized carbons (Fsp3) is 0. The van der Waals surface area contributed by atoms with Gasteiger partial charge in [-0.1, -0.05) is 0 Å². The number of aromatic amines is 1. The summed E-state index contributed by atoms with van der Waals surface area (Å²) in [4.78, 5) is 21.9. The van der Waals surface area contributed by atoms with Crippen LogP contribution in [-0.2, 0) is 0 Å². The van der Waals surface area contributed by atoms with Crippen LogP contribution in [0, 0.1) is 0 Å². The lowest BCUT2D eigenvalue weighted by molar-refractivity contribution is 0.0690. The Morgan fingerprint density at radius 3 is 2.86 bits per heavy atom. The maximum Gasteiger partial charge on any atom is 0.353 e. The SMILES string of the molecule is O=C(O)c1cc(=O)n(-c2cccs2)[nH]1. The molecule has 0 radical (unpaired) electrons. The first kappa shape index (κ1) is 8.76. The zero-order valence-electron chi connectivity index (χ0n) is 6.93. The van der Waals surface area contributed by atoms with Crippen LogP contribution in [0.4, 0.5) is 0 Å². The van der Waals surface area contributed by atoms with Gasteiger partial charge in [0.15, 0.2) is 0 Å². The number of carboxylic acid groups (broad SMARTS) is 1. The first-order valence-corrected chi connectivity index (χ1v) is 4.65. The van der Waals surface area contributed by atoms with E-state index in [2.05, 4.69) is 5.10 Å². The fourth-order valence-corrected chi connectivity index (χ4v) is 1.76. The topological polar surface area (TPSA) is 75.1 Å². The van der Waals surface area contributed by atoms with Crippen LogP contribution >= 0.6 is 11.3 Å². The second-order valence-corrected chi connectivity index (χ2v) is 3.53. The van der Waals surface area contributed by atoms with Crippen LogP contribution in [0.25, 0.3) is 5.00 Å². The minimum absolute atomic E-state index is 0.108. The number of carboxylic acids is 1. The molecule has 0 unspecified atom stereocenters. The zero-order valence-corrected chi connectivity index (χ0v) is 7.75. The summed E-state index contributed by atoms with van der Waals surface area (Å²) >= 11 is 1.35. The molecule has 0 amide bonds. The van der Waals surface area contributed by atoms with Crippen LogP contribution in [0.3, 0.4) is 0 Å². The summed E-state index contributed by atoms with van der Waals surface area (Å²) in [5.74, 6) is -1.14. The predicted molar refractivity (Wildman–Crippen MR) is 51.2 cm³/mol. The molecule has 2 rings (SSSR count). The maximum absolute atomic E-state index is 11.3. The van der Waals surface area contributed by atoms with Crippen molar-refractivity contribution in [2.45, 2.75) is 0 Å². The molecule has 2 aromatic heterocycles. The number of hydrogen-bond acceptors (Lipinski definition) is 3. The van der Waals surface area contributed by atoms with Crippen molar-refractivity contribution in [3.63, 3.8) is 0 Å². The van der Waals surface area contributed by atoms with Gasteiger partial charge in [0.05, 0.1) is 0 Å². The van der Waals surface area contributed by atoms with E-state index in [1.165, 1.54) is 16.0 Å². The van der Waals surface area contributed by atoms with E-state index < -0.39 is 5.97 Å². The molecule has 2 aromatic rings. The molecule has 0 aliphatic heterocycles.